The van der Waals surface area contributed by atoms with Gasteiger partial charge in [0.25, 0.3) is 0 Å². The molecule has 3 rings (SSSR count). The molecule has 0 radical (unpaired) electrons. The van der Waals surface area contributed by atoms with Crippen molar-refractivity contribution in [2.45, 2.75) is 19.6 Å². The average Bonchev–Trinajstić information content (AvgIpc) is 3.11. The third-order valence-corrected chi connectivity index (χ3v) is 4.93. The Morgan fingerprint density at radius 3 is 2.50 bits per heavy atom. The van der Waals surface area contributed by atoms with Crippen LogP contribution in [0.3, 0.4) is 0 Å². The summed E-state index contributed by atoms with van der Waals surface area (Å²) in [7, 11) is 3.65. The van der Waals surface area contributed by atoms with Crippen LogP contribution in [0.5, 0.6) is 0 Å². The Balaban J connectivity index is 1.64. The monoisotopic (exact) mass is 442 g/mol. The van der Waals surface area contributed by atoms with E-state index in [-0.39, 0.29) is 24.9 Å². The highest BCUT2D eigenvalue weighted by atomic mass is 19.1. The van der Waals surface area contributed by atoms with E-state index in [0.717, 1.165) is 5.56 Å². The molecule has 1 atom stereocenters. The van der Waals surface area contributed by atoms with E-state index in [0.29, 0.717) is 29.9 Å². The maximum Gasteiger partial charge on any atom is 0.414 e. The molecular formula is C23H27FN4O4. The van der Waals surface area contributed by atoms with Gasteiger partial charge in [-0.2, -0.15) is 0 Å². The first kappa shape index (κ1) is 23.2. The number of amides is 3. The van der Waals surface area contributed by atoms with Crippen molar-refractivity contribution >= 4 is 23.6 Å². The molecule has 0 saturated carbocycles. The quantitative estimate of drug-likeness (QED) is 0.654. The third kappa shape index (κ3) is 6.04. The number of likely N-dealkylation sites (N-methyl/N-ethyl adjacent to an activating group) is 1. The van der Waals surface area contributed by atoms with Crippen LogP contribution in [0.15, 0.2) is 42.5 Å². The van der Waals surface area contributed by atoms with E-state index in [1.54, 1.807) is 29.2 Å². The number of carbonyl (C=O) groups is 3. The van der Waals surface area contributed by atoms with Gasteiger partial charge < -0.3 is 20.3 Å². The Kier molecular flexibility index (Phi) is 7.42. The number of halogens is 1. The number of rotatable bonds is 8. The van der Waals surface area contributed by atoms with Crippen LogP contribution in [0.2, 0.25) is 0 Å². The Morgan fingerprint density at radius 1 is 1.16 bits per heavy atom. The summed E-state index contributed by atoms with van der Waals surface area (Å²) in [4.78, 5) is 38.1. The van der Waals surface area contributed by atoms with Gasteiger partial charge in [0.1, 0.15) is 11.9 Å². The van der Waals surface area contributed by atoms with Crippen LogP contribution in [0, 0.1) is 5.82 Å². The number of nitrogens with one attached hydrogen (secondary N) is 2. The predicted octanol–water partition coefficient (Wildman–Crippen LogP) is 2.13. The van der Waals surface area contributed by atoms with Crippen molar-refractivity contribution in [2.75, 3.05) is 38.6 Å². The summed E-state index contributed by atoms with van der Waals surface area (Å²) in [5.74, 6) is -0.745. The maximum absolute atomic E-state index is 14.8. The van der Waals surface area contributed by atoms with Gasteiger partial charge in [-0.3, -0.25) is 14.5 Å². The van der Waals surface area contributed by atoms with E-state index >= 15 is 0 Å². The SMILES string of the molecule is CC(=O)NC[C@H]1CN(c2ccc(-c3ccc(CNC(=O)CN(C)C)cc3)c(F)c2)C(=O)O1. The van der Waals surface area contributed by atoms with E-state index in [1.165, 1.54) is 17.9 Å². The van der Waals surface area contributed by atoms with Crippen molar-refractivity contribution in [1.29, 1.82) is 0 Å². The lowest BCUT2D eigenvalue weighted by Gasteiger charge is -2.15. The zero-order chi connectivity index (χ0) is 23.3. The lowest BCUT2D eigenvalue weighted by atomic mass is 10.0. The van der Waals surface area contributed by atoms with Crippen LogP contribution < -0.4 is 15.5 Å². The fourth-order valence-electron chi connectivity index (χ4n) is 3.35. The summed E-state index contributed by atoms with van der Waals surface area (Å²) in [6.07, 6.45) is -1.06. The predicted molar refractivity (Wildman–Crippen MR) is 119 cm³/mol. The highest BCUT2D eigenvalue weighted by Gasteiger charge is 2.32. The molecule has 170 valence electrons. The van der Waals surface area contributed by atoms with Crippen LogP contribution in [0.25, 0.3) is 11.1 Å². The smallest absolute Gasteiger partial charge is 0.414 e. The number of nitrogens with zero attached hydrogens (tertiary/aromatic N) is 2. The van der Waals surface area contributed by atoms with Crippen LogP contribution in [0.1, 0.15) is 12.5 Å². The minimum absolute atomic E-state index is 0.0690. The highest BCUT2D eigenvalue weighted by Crippen LogP contribution is 2.29. The highest BCUT2D eigenvalue weighted by molar-refractivity contribution is 5.90. The van der Waals surface area contributed by atoms with Crippen LogP contribution in [0.4, 0.5) is 14.9 Å². The van der Waals surface area contributed by atoms with Gasteiger partial charge in [-0.05, 0) is 43.4 Å². The Labute approximate surface area is 186 Å². The van der Waals surface area contributed by atoms with E-state index < -0.39 is 18.0 Å². The first-order chi connectivity index (χ1) is 15.2. The summed E-state index contributed by atoms with van der Waals surface area (Å²) in [5.41, 5.74) is 2.38. The molecule has 0 aromatic heterocycles. The zero-order valence-corrected chi connectivity index (χ0v) is 18.4. The van der Waals surface area contributed by atoms with Crippen LogP contribution >= 0.6 is 0 Å². The summed E-state index contributed by atoms with van der Waals surface area (Å²) in [5, 5.41) is 5.44. The molecule has 1 aliphatic heterocycles. The molecule has 8 nitrogen and oxygen atoms in total. The second-order valence-corrected chi connectivity index (χ2v) is 7.93. The topological polar surface area (TPSA) is 91.0 Å². The number of ether oxygens (including phenoxy) is 1. The number of carbonyl (C=O) groups excluding carboxylic acids is 3. The van der Waals surface area contributed by atoms with Crippen molar-refractivity contribution < 1.29 is 23.5 Å². The molecule has 0 bridgehead atoms. The minimum Gasteiger partial charge on any atom is -0.442 e. The molecule has 0 unspecified atom stereocenters. The van der Waals surface area contributed by atoms with Crippen molar-refractivity contribution in [1.82, 2.24) is 15.5 Å². The van der Waals surface area contributed by atoms with Crippen molar-refractivity contribution in [3.8, 4) is 11.1 Å². The lowest BCUT2D eigenvalue weighted by Crippen LogP contribution is -2.33. The summed E-state index contributed by atoms with van der Waals surface area (Å²) >= 11 is 0. The molecule has 0 aliphatic carbocycles. The van der Waals surface area contributed by atoms with Gasteiger partial charge in [-0.25, -0.2) is 9.18 Å². The molecule has 32 heavy (non-hydrogen) atoms. The first-order valence-electron chi connectivity index (χ1n) is 10.3. The van der Waals surface area contributed by atoms with Gasteiger partial charge in [0.05, 0.1) is 25.3 Å². The lowest BCUT2D eigenvalue weighted by molar-refractivity contribution is -0.122. The molecule has 1 heterocycles. The standard InChI is InChI=1S/C23H27FN4O4/c1-15(29)25-12-19-13-28(23(31)32-19)18-8-9-20(21(24)10-18)17-6-4-16(5-7-17)11-26-22(30)14-27(2)3/h4-10,19H,11-14H2,1-3H3,(H,25,29)(H,26,30)/t19-/m0/s1. The molecule has 1 fully saturated rings. The van der Waals surface area contributed by atoms with Gasteiger partial charge in [-0.15, -0.1) is 0 Å². The van der Waals surface area contributed by atoms with Crippen molar-refractivity contribution in [3.63, 3.8) is 0 Å². The summed E-state index contributed by atoms with van der Waals surface area (Å²) in [6.45, 7) is 2.53. The van der Waals surface area contributed by atoms with Gasteiger partial charge in [0.2, 0.25) is 11.8 Å². The van der Waals surface area contributed by atoms with Gasteiger partial charge in [0, 0.05) is 19.0 Å². The molecular weight excluding hydrogens is 415 g/mol. The molecule has 3 amide bonds. The summed E-state index contributed by atoms with van der Waals surface area (Å²) < 4.78 is 20.1. The number of anilines is 1. The molecule has 1 saturated heterocycles. The number of benzene rings is 2. The van der Waals surface area contributed by atoms with Crippen molar-refractivity contribution in [2.24, 2.45) is 0 Å². The maximum atomic E-state index is 14.8. The molecule has 9 heteroatoms. The molecule has 2 aromatic carbocycles. The van der Waals surface area contributed by atoms with E-state index in [4.69, 9.17) is 4.74 Å². The molecule has 0 spiro atoms. The zero-order valence-electron chi connectivity index (χ0n) is 18.4. The number of hydrogen-bond donors (Lipinski definition) is 2. The summed E-state index contributed by atoms with van der Waals surface area (Å²) in [6, 6.07) is 11.8. The Hall–Kier alpha value is -3.46. The second-order valence-electron chi connectivity index (χ2n) is 7.93. The van der Waals surface area contributed by atoms with E-state index in [9.17, 15) is 18.8 Å². The Bertz CT molecular complexity index is 994. The Morgan fingerprint density at radius 2 is 1.88 bits per heavy atom. The largest absolute Gasteiger partial charge is 0.442 e. The first-order valence-corrected chi connectivity index (χ1v) is 10.3. The fourth-order valence-corrected chi connectivity index (χ4v) is 3.35. The van der Waals surface area contributed by atoms with Crippen LogP contribution in [-0.4, -0.2) is 62.6 Å². The fraction of sp³-hybridized carbons (Fsp3) is 0.348. The van der Waals surface area contributed by atoms with Gasteiger partial charge >= 0.3 is 6.09 Å². The van der Waals surface area contributed by atoms with E-state index in [1.807, 2.05) is 26.2 Å². The molecule has 1 aliphatic rings. The number of cyclic esters (lactones) is 1. The van der Waals surface area contributed by atoms with Gasteiger partial charge in [-0.1, -0.05) is 24.3 Å². The van der Waals surface area contributed by atoms with Crippen LogP contribution in [-0.2, 0) is 20.9 Å². The normalized spacial score (nSPS) is 15.6. The van der Waals surface area contributed by atoms with E-state index in [2.05, 4.69) is 10.6 Å². The third-order valence-electron chi connectivity index (χ3n) is 4.93. The number of hydrogen-bond acceptors (Lipinski definition) is 5. The minimum atomic E-state index is -0.576. The second kappa shape index (κ2) is 10.2. The van der Waals surface area contributed by atoms with Gasteiger partial charge in [0.15, 0.2) is 0 Å². The van der Waals surface area contributed by atoms with Crippen molar-refractivity contribution in [3.05, 3.63) is 53.8 Å². The molecule has 2 N–H and O–H groups in total. The average molecular weight is 442 g/mol. The molecule has 2 aromatic rings.